The van der Waals surface area contributed by atoms with Gasteiger partial charge in [0.15, 0.2) is 5.16 Å². The molecule has 2 aromatic heterocycles. The maximum atomic E-state index is 13.5. The minimum Gasteiger partial charge on any atom is -0.349 e. The van der Waals surface area contributed by atoms with E-state index in [-0.39, 0.29) is 17.2 Å². The Hall–Kier alpha value is -3.55. The SMILES string of the molecule is Cc1cccc(NC(=O)CSc2nc3c([nH]c4ccccc43)c(=O)n2-c2ccc(Cl)cc2)c1. The molecule has 0 unspecified atom stereocenters. The van der Waals surface area contributed by atoms with Gasteiger partial charge in [-0.3, -0.25) is 14.2 Å². The number of para-hydroxylation sites is 1. The van der Waals surface area contributed by atoms with E-state index >= 15 is 0 Å². The number of aryl methyl sites for hydroxylation is 1. The van der Waals surface area contributed by atoms with Gasteiger partial charge in [0.1, 0.15) is 11.0 Å². The highest BCUT2D eigenvalue weighted by Gasteiger charge is 2.18. The van der Waals surface area contributed by atoms with Crippen molar-refractivity contribution in [1.82, 2.24) is 14.5 Å². The van der Waals surface area contributed by atoms with Gasteiger partial charge in [0.2, 0.25) is 5.91 Å². The number of carbonyl (C=O) groups is 1. The molecule has 0 fully saturated rings. The second kappa shape index (κ2) is 8.77. The molecule has 5 rings (SSSR count). The van der Waals surface area contributed by atoms with Gasteiger partial charge in [0.25, 0.3) is 5.56 Å². The fourth-order valence-electron chi connectivity index (χ4n) is 3.71. The Labute approximate surface area is 198 Å². The topological polar surface area (TPSA) is 79.8 Å². The molecule has 0 saturated carbocycles. The molecule has 164 valence electrons. The number of hydrogen-bond donors (Lipinski definition) is 2. The van der Waals surface area contributed by atoms with Gasteiger partial charge in [-0.25, -0.2) is 4.98 Å². The lowest BCUT2D eigenvalue weighted by Gasteiger charge is -2.12. The first-order chi connectivity index (χ1) is 16.0. The van der Waals surface area contributed by atoms with Crippen molar-refractivity contribution in [3.05, 3.63) is 93.7 Å². The van der Waals surface area contributed by atoms with Gasteiger partial charge < -0.3 is 10.3 Å². The Balaban J connectivity index is 1.56. The van der Waals surface area contributed by atoms with E-state index < -0.39 is 0 Å². The van der Waals surface area contributed by atoms with Crippen LogP contribution >= 0.6 is 23.4 Å². The van der Waals surface area contributed by atoms with E-state index in [2.05, 4.69) is 10.3 Å². The summed E-state index contributed by atoms with van der Waals surface area (Å²) in [5, 5.41) is 4.76. The summed E-state index contributed by atoms with van der Waals surface area (Å²) in [6.45, 7) is 1.97. The number of thioether (sulfide) groups is 1. The quantitative estimate of drug-likeness (QED) is 0.258. The van der Waals surface area contributed by atoms with E-state index in [1.165, 1.54) is 16.3 Å². The number of aromatic amines is 1. The second-order valence-electron chi connectivity index (χ2n) is 7.61. The number of nitrogens with zero attached hydrogens (tertiary/aromatic N) is 2. The van der Waals surface area contributed by atoms with Crippen molar-refractivity contribution in [3.8, 4) is 5.69 Å². The van der Waals surface area contributed by atoms with Crippen LogP contribution < -0.4 is 10.9 Å². The van der Waals surface area contributed by atoms with Gasteiger partial charge in [0.05, 0.1) is 11.4 Å². The number of hydrogen-bond acceptors (Lipinski definition) is 4. The first-order valence-corrected chi connectivity index (χ1v) is 11.6. The van der Waals surface area contributed by atoms with Crippen molar-refractivity contribution in [2.24, 2.45) is 0 Å². The van der Waals surface area contributed by atoms with Crippen LogP contribution in [0.25, 0.3) is 27.6 Å². The fraction of sp³-hybridized carbons (Fsp3) is 0.0800. The number of nitrogens with one attached hydrogen (secondary N) is 2. The van der Waals surface area contributed by atoms with Crippen molar-refractivity contribution in [1.29, 1.82) is 0 Å². The Kier molecular flexibility index (Phi) is 5.66. The Morgan fingerprint density at radius 2 is 1.88 bits per heavy atom. The molecule has 0 atom stereocenters. The lowest BCUT2D eigenvalue weighted by Crippen LogP contribution is -2.23. The van der Waals surface area contributed by atoms with Crippen LogP contribution in [0.15, 0.2) is 82.7 Å². The third-order valence-corrected chi connectivity index (χ3v) is 6.40. The molecular weight excluding hydrogens is 456 g/mol. The lowest BCUT2D eigenvalue weighted by atomic mass is 10.2. The molecule has 2 heterocycles. The zero-order valence-electron chi connectivity index (χ0n) is 17.6. The third-order valence-electron chi connectivity index (χ3n) is 5.21. The molecule has 0 aliphatic heterocycles. The molecule has 1 amide bonds. The minimum atomic E-state index is -0.236. The van der Waals surface area contributed by atoms with Gasteiger partial charge in [-0.1, -0.05) is 53.7 Å². The summed E-state index contributed by atoms with van der Waals surface area (Å²) >= 11 is 7.26. The summed E-state index contributed by atoms with van der Waals surface area (Å²) < 4.78 is 1.51. The fourth-order valence-corrected chi connectivity index (χ4v) is 4.64. The maximum absolute atomic E-state index is 13.5. The molecule has 0 saturated heterocycles. The van der Waals surface area contributed by atoms with Crippen molar-refractivity contribution < 1.29 is 4.79 Å². The predicted octanol–water partition coefficient (Wildman–Crippen LogP) is 5.56. The lowest BCUT2D eigenvalue weighted by molar-refractivity contribution is -0.113. The van der Waals surface area contributed by atoms with Crippen molar-refractivity contribution >= 4 is 56.9 Å². The molecule has 8 heteroatoms. The van der Waals surface area contributed by atoms with Crippen LogP contribution in [0.1, 0.15) is 5.56 Å². The number of rotatable bonds is 5. The standard InChI is InChI=1S/C25H19ClN4O2S/c1-15-5-4-6-17(13-15)27-21(31)14-33-25-29-22-19-7-2-3-8-20(19)28-23(22)24(32)30(25)18-11-9-16(26)10-12-18/h2-13,28H,14H2,1H3,(H,27,31). The van der Waals surface area contributed by atoms with Crippen LogP contribution in [0.5, 0.6) is 0 Å². The number of carbonyl (C=O) groups excluding carboxylic acids is 1. The average Bonchev–Trinajstić information content (AvgIpc) is 3.18. The summed E-state index contributed by atoms with van der Waals surface area (Å²) in [7, 11) is 0. The number of aromatic nitrogens is 3. The van der Waals surface area contributed by atoms with E-state index in [0.29, 0.717) is 26.9 Å². The molecule has 0 spiro atoms. The molecule has 0 bridgehead atoms. The average molecular weight is 475 g/mol. The van der Waals surface area contributed by atoms with Gasteiger partial charge >= 0.3 is 0 Å². The maximum Gasteiger partial charge on any atom is 0.283 e. The Bertz CT molecular complexity index is 1560. The van der Waals surface area contributed by atoms with Gasteiger partial charge in [0, 0.05) is 21.6 Å². The minimum absolute atomic E-state index is 0.0990. The molecular formula is C25H19ClN4O2S. The van der Waals surface area contributed by atoms with E-state index in [0.717, 1.165) is 22.2 Å². The predicted molar refractivity (Wildman–Crippen MR) is 135 cm³/mol. The number of fused-ring (bicyclic) bond motifs is 3. The summed E-state index contributed by atoms with van der Waals surface area (Å²) in [6, 6.07) is 22.2. The van der Waals surface area contributed by atoms with E-state index in [1.807, 2.05) is 55.5 Å². The summed E-state index contributed by atoms with van der Waals surface area (Å²) in [4.78, 5) is 34.1. The molecule has 3 aromatic carbocycles. The van der Waals surface area contributed by atoms with E-state index in [1.54, 1.807) is 24.3 Å². The molecule has 0 aliphatic carbocycles. The zero-order chi connectivity index (χ0) is 22.9. The smallest absolute Gasteiger partial charge is 0.283 e. The number of benzene rings is 3. The zero-order valence-corrected chi connectivity index (χ0v) is 19.2. The van der Waals surface area contributed by atoms with Gasteiger partial charge in [-0.2, -0.15) is 0 Å². The number of amides is 1. The van der Waals surface area contributed by atoms with Gasteiger partial charge in [-0.05, 0) is 55.0 Å². The molecule has 2 N–H and O–H groups in total. The van der Waals surface area contributed by atoms with Crippen LogP contribution in [-0.2, 0) is 4.79 Å². The summed E-state index contributed by atoms with van der Waals surface area (Å²) in [5.74, 6) is -0.0801. The molecule has 0 aliphatic rings. The van der Waals surface area contributed by atoms with Crippen LogP contribution in [-0.4, -0.2) is 26.2 Å². The van der Waals surface area contributed by atoms with Crippen LogP contribution in [0.3, 0.4) is 0 Å². The van der Waals surface area contributed by atoms with Crippen molar-refractivity contribution in [3.63, 3.8) is 0 Å². The third kappa shape index (κ3) is 4.25. The number of halogens is 1. The highest BCUT2D eigenvalue weighted by Crippen LogP contribution is 2.27. The monoisotopic (exact) mass is 474 g/mol. The normalized spacial score (nSPS) is 11.2. The molecule has 6 nitrogen and oxygen atoms in total. The number of H-pyrrole nitrogens is 1. The highest BCUT2D eigenvalue weighted by molar-refractivity contribution is 7.99. The largest absolute Gasteiger partial charge is 0.349 e. The summed E-state index contributed by atoms with van der Waals surface area (Å²) in [6.07, 6.45) is 0. The van der Waals surface area contributed by atoms with Crippen LogP contribution in [0.2, 0.25) is 5.02 Å². The van der Waals surface area contributed by atoms with E-state index in [9.17, 15) is 9.59 Å². The van der Waals surface area contributed by atoms with Crippen molar-refractivity contribution in [2.45, 2.75) is 12.1 Å². The van der Waals surface area contributed by atoms with Crippen LogP contribution in [0, 0.1) is 6.92 Å². The molecule has 0 radical (unpaired) electrons. The van der Waals surface area contributed by atoms with Crippen LogP contribution in [0.4, 0.5) is 5.69 Å². The number of anilines is 1. The molecule has 5 aromatic rings. The van der Waals surface area contributed by atoms with Crippen molar-refractivity contribution in [2.75, 3.05) is 11.1 Å². The van der Waals surface area contributed by atoms with Gasteiger partial charge in [-0.15, -0.1) is 0 Å². The van der Waals surface area contributed by atoms with E-state index in [4.69, 9.17) is 16.6 Å². The highest BCUT2D eigenvalue weighted by atomic mass is 35.5. The molecule has 33 heavy (non-hydrogen) atoms. The summed E-state index contributed by atoms with van der Waals surface area (Å²) in [5.41, 5.74) is 4.01. The Morgan fingerprint density at radius 3 is 2.67 bits per heavy atom. The second-order valence-corrected chi connectivity index (χ2v) is 8.99. The Morgan fingerprint density at radius 1 is 1.09 bits per heavy atom. The first-order valence-electron chi connectivity index (χ1n) is 10.3. The first kappa shape index (κ1) is 21.3.